The van der Waals surface area contributed by atoms with E-state index in [1.807, 2.05) is 0 Å². The zero-order chi connectivity index (χ0) is 10.4. The van der Waals surface area contributed by atoms with Gasteiger partial charge in [0.25, 0.3) is 0 Å². The molecule has 12 heavy (non-hydrogen) atoms. The van der Waals surface area contributed by atoms with E-state index in [0.717, 1.165) is 0 Å². The van der Waals surface area contributed by atoms with Crippen molar-refractivity contribution < 1.29 is 34.7 Å². The summed E-state index contributed by atoms with van der Waals surface area (Å²) < 4.78 is 61.8. The molecule has 0 spiro atoms. The Bertz CT molecular complexity index is 299. The molecule has 10 heteroatoms. The molecule has 0 atom stereocenters. The molecule has 0 radical (unpaired) electrons. The standard InChI is InChI=1S/C2H4O4S.H2O4S/c1-2-6-7(3,4)5;1-5(2,3)4/h2H,1H2,(H,3,4,5);(H2,1,2,3,4). The third-order valence-electron chi connectivity index (χ3n) is 0.190. The first-order chi connectivity index (χ1) is 5.06. The van der Waals surface area contributed by atoms with E-state index in [1.54, 1.807) is 0 Å². The molecule has 8 nitrogen and oxygen atoms in total. The fourth-order valence-corrected chi connectivity index (χ4v) is 0.258. The van der Waals surface area contributed by atoms with Crippen molar-refractivity contribution in [2.75, 3.05) is 0 Å². The summed E-state index contributed by atoms with van der Waals surface area (Å²) >= 11 is 0. The van der Waals surface area contributed by atoms with Crippen LogP contribution in [0, 0.1) is 0 Å². The summed E-state index contributed by atoms with van der Waals surface area (Å²) in [5, 5.41) is 0. The Balaban J connectivity index is 0. The second kappa shape index (κ2) is 5.05. The molecule has 0 aliphatic rings. The van der Waals surface area contributed by atoms with Crippen molar-refractivity contribution in [3.05, 3.63) is 12.8 Å². The van der Waals surface area contributed by atoms with Gasteiger partial charge in [0.1, 0.15) is 6.26 Å². The summed E-state index contributed by atoms with van der Waals surface area (Å²) in [6.45, 7) is 2.88. The van der Waals surface area contributed by atoms with Crippen LogP contribution >= 0.6 is 0 Å². The average Bonchev–Trinajstić information content (AvgIpc) is 1.54. The summed E-state index contributed by atoms with van der Waals surface area (Å²) in [6.07, 6.45) is 0.620. The average molecular weight is 222 g/mol. The molecule has 0 aromatic rings. The quantitative estimate of drug-likeness (QED) is 0.411. The van der Waals surface area contributed by atoms with Crippen LogP contribution in [-0.2, 0) is 25.0 Å². The van der Waals surface area contributed by atoms with Crippen LogP contribution in [0.3, 0.4) is 0 Å². The first-order valence-electron chi connectivity index (χ1n) is 2.03. The molecule has 0 aliphatic carbocycles. The lowest BCUT2D eigenvalue weighted by Crippen LogP contribution is -1.96. The molecule has 0 fully saturated rings. The van der Waals surface area contributed by atoms with Crippen molar-refractivity contribution in [3.63, 3.8) is 0 Å². The highest BCUT2D eigenvalue weighted by Gasteiger charge is 1.96. The predicted octanol–water partition coefficient (Wildman–Crippen LogP) is -0.703. The van der Waals surface area contributed by atoms with Crippen LogP contribution < -0.4 is 0 Å². The molecule has 0 amide bonds. The van der Waals surface area contributed by atoms with Crippen LogP contribution in [0.2, 0.25) is 0 Å². The van der Waals surface area contributed by atoms with E-state index in [-0.39, 0.29) is 0 Å². The Kier molecular flexibility index (Phi) is 5.84. The molecule has 0 aromatic heterocycles. The molecule has 74 valence electrons. The largest absolute Gasteiger partial charge is 0.445 e. The predicted molar refractivity (Wildman–Crippen MR) is 37.0 cm³/mol. The minimum absolute atomic E-state index is 0.620. The summed E-state index contributed by atoms with van der Waals surface area (Å²) in [5.74, 6) is 0. The molecule has 0 aliphatic heterocycles. The van der Waals surface area contributed by atoms with E-state index in [0.29, 0.717) is 6.26 Å². The topological polar surface area (TPSA) is 138 Å². The van der Waals surface area contributed by atoms with Gasteiger partial charge in [-0.25, -0.2) is 0 Å². The maximum absolute atomic E-state index is 9.49. The van der Waals surface area contributed by atoms with Crippen molar-refractivity contribution in [2.45, 2.75) is 0 Å². The van der Waals surface area contributed by atoms with Gasteiger partial charge in [0.2, 0.25) is 0 Å². The minimum atomic E-state index is -4.67. The lowest BCUT2D eigenvalue weighted by atomic mass is 11.2. The molecule has 0 aromatic carbocycles. The van der Waals surface area contributed by atoms with Crippen molar-refractivity contribution in [2.24, 2.45) is 0 Å². The van der Waals surface area contributed by atoms with E-state index >= 15 is 0 Å². The normalized spacial score (nSPS) is 10.9. The maximum Gasteiger partial charge on any atom is 0.445 e. The highest BCUT2D eigenvalue weighted by molar-refractivity contribution is 7.81. The molecule has 0 heterocycles. The molecular weight excluding hydrogens is 216 g/mol. The van der Waals surface area contributed by atoms with Crippen molar-refractivity contribution in [1.29, 1.82) is 0 Å². The van der Waals surface area contributed by atoms with Gasteiger partial charge in [-0.2, -0.15) is 16.8 Å². The van der Waals surface area contributed by atoms with Crippen LogP contribution in [0.4, 0.5) is 0 Å². The Morgan fingerprint density at radius 1 is 1.08 bits per heavy atom. The maximum atomic E-state index is 9.49. The fraction of sp³-hybridized carbons (Fsp3) is 0. The van der Waals surface area contributed by atoms with E-state index in [2.05, 4.69) is 10.8 Å². The van der Waals surface area contributed by atoms with Gasteiger partial charge in [0, 0.05) is 0 Å². The summed E-state index contributed by atoms with van der Waals surface area (Å²) in [5.41, 5.74) is 0. The van der Waals surface area contributed by atoms with E-state index < -0.39 is 20.8 Å². The van der Waals surface area contributed by atoms with Crippen molar-refractivity contribution in [1.82, 2.24) is 0 Å². The SMILES string of the molecule is C=COS(=O)(=O)O.O=S(=O)(O)O. The third-order valence-corrected chi connectivity index (χ3v) is 0.569. The zero-order valence-corrected chi connectivity index (χ0v) is 7.12. The van der Waals surface area contributed by atoms with Crippen LogP contribution in [0.15, 0.2) is 12.8 Å². The van der Waals surface area contributed by atoms with Gasteiger partial charge >= 0.3 is 20.8 Å². The summed E-state index contributed by atoms with van der Waals surface area (Å²) in [7, 11) is -8.96. The Labute approximate surface area is 69.0 Å². The molecule has 0 unspecified atom stereocenters. The molecule has 0 saturated carbocycles. The molecule has 0 bridgehead atoms. The van der Waals surface area contributed by atoms with Gasteiger partial charge in [-0.05, 0) is 0 Å². The number of rotatable bonds is 2. The van der Waals surface area contributed by atoms with Gasteiger partial charge in [0.05, 0.1) is 0 Å². The van der Waals surface area contributed by atoms with Crippen molar-refractivity contribution in [3.8, 4) is 0 Å². The Morgan fingerprint density at radius 2 is 1.33 bits per heavy atom. The van der Waals surface area contributed by atoms with Gasteiger partial charge in [0.15, 0.2) is 0 Å². The van der Waals surface area contributed by atoms with Crippen LogP contribution in [0.5, 0.6) is 0 Å². The highest BCUT2D eigenvalue weighted by atomic mass is 32.3. The smallest absolute Gasteiger partial charge is 0.370 e. The highest BCUT2D eigenvalue weighted by Crippen LogP contribution is 1.82. The first-order valence-corrected chi connectivity index (χ1v) is 4.79. The molecular formula is C2H6O8S2. The summed E-state index contributed by atoms with van der Waals surface area (Å²) in [6, 6.07) is 0. The third kappa shape index (κ3) is 58.5. The number of hydrogen-bond acceptors (Lipinski definition) is 5. The number of hydrogen-bond donors (Lipinski definition) is 3. The first kappa shape index (κ1) is 13.9. The second-order valence-electron chi connectivity index (χ2n) is 1.14. The minimum Gasteiger partial charge on any atom is -0.370 e. The second-order valence-corrected chi connectivity index (χ2v) is 3.08. The molecule has 3 N–H and O–H groups in total. The molecule has 0 saturated heterocycles. The van der Waals surface area contributed by atoms with Crippen LogP contribution in [0.25, 0.3) is 0 Å². The Morgan fingerprint density at radius 3 is 1.33 bits per heavy atom. The summed E-state index contributed by atoms with van der Waals surface area (Å²) in [4.78, 5) is 0. The lowest BCUT2D eigenvalue weighted by Gasteiger charge is -1.86. The van der Waals surface area contributed by atoms with E-state index in [9.17, 15) is 8.42 Å². The van der Waals surface area contributed by atoms with Gasteiger partial charge < -0.3 is 4.18 Å². The zero-order valence-electron chi connectivity index (χ0n) is 5.48. The van der Waals surface area contributed by atoms with Gasteiger partial charge in [-0.3, -0.25) is 13.7 Å². The van der Waals surface area contributed by atoms with Crippen molar-refractivity contribution >= 4 is 20.8 Å². The van der Waals surface area contributed by atoms with Gasteiger partial charge in [-0.15, -0.1) is 0 Å². The van der Waals surface area contributed by atoms with E-state index in [1.165, 1.54) is 0 Å². The van der Waals surface area contributed by atoms with Crippen LogP contribution in [0.1, 0.15) is 0 Å². The monoisotopic (exact) mass is 222 g/mol. The Hall–Kier alpha value is -0.680. The van der Waals surface area contributed by atoms with E-state index in [4.69, 9.17) is 22.1 Å². The fourth-order valence-electron chi connectivity index (χ4n) is 0.0860. The van der Waals surface area contributed by atoms with Gasteiger partial charge in [-0.1, -0.05) is 6.58 Å². The molecule has 0 rings (SSSR count). The lowest BCUT2D eigenvalue weighted by molar-refractivity contribution is 0.356. The van der Waals surface area contributed by atoms with Crippen LogP contribution in [-0.4, -0.2) is 30.5 Å².